The van der Waals surface area contributed by atoms with Crippen molar-refractivity contribution < 1.29 is 4.74 Å². The van der Waals surface area contributed by atoms with Crippen molar-refractivity contribution in [1.29, 1.82) is 0 Å². The Morgan fingerprint density at radius 1 is 1.55 bits per heavy atom. The van der Waals surface area contributed by atoms with Crippen molar-refractivity contribution in [2.75, 3.05) is 13.2 Å². The third-order valence-electron chi connectivity index (χ3n) is 1.45. The molecule has 0 spiro atoms. The van der Waals surface area contributed by atoms with Crippen LogP contribution in [0.25, 0.3) is 0 Å². The smallest absolute Gasteiger partial charge is 0.0480 e. The predicted octanol–water partition coefficient (Wildman–Crippen LogP) is 1.71. The van der Waals surface area contributed by atoms with Crippen LogP contribution in [0.5, 0.6) is 0 Å². The van der Waals surface area contributed by atoms with Crippen molar-refractivity contribution >= 4 is 0 Å². The molecule has 0 radical (unpaired) electrons. The lowest BCUT2D eigenvalue weighted by molar-refractivity contribution is 0.128. The summed E-state index contributed by atoms with van der Waals surface area (Å²) >= 11 is 0. The van der Waals surface area contributed by atoms with Gasteiger partial charge in [-0.3, -0.25) is 0 Å². The fraction of sp³-hybridized carbons (Fsp3) is 0.778. The van der Waals surface area contributed by atoms with Gasteiger partial charge >= 0.3 is 0 Å². The summed E-state index contributed by atoms with van der Waals surface area (Å²) in [7, 11) is 0. The van der Waals surface area contributed by atoms with Crippen LogP contribution >= 0.6 is 0 Å². The lowest BCUT2D eigenvalue weighted by Crippen LogP contribution is -2.21. The van der Waals surface area contributed by atoms with Gasteiger partial charge in [0.15, 0.2) is 0 Å². The Morgan fingerprint density at radius 2 is 2.27 bits per heavy atom. The van der Waals surface area contributed by atoms with Gasteiger partial charge in [0.05, 0.1) is 0 Å². The molecule has 2 nitrogen and oxygen atoms in total. The number of hydrogen-bond acceptors (Lipinski definition) is 2. The van der Waals surface area contributed by atoms with Gasteiger partial charge in [-0.15, -0.1) is 6.58 Å². The fourth-order valence-corrected chi connectivity index (χ4v) is 0.813. The van der Waals surface area contributed by atoms with Crippen LogP contribution in [0.4, 0.5) is 0 Å². The third-order valence-corrected chi connectivity index (χ3v) is 1.45. The molecule has 0 rings (SSSR count). The zero-order valence-corrected chi connectivity index (χ0v) is 7.38. The number of rotatable bonds is 7. The maximum atomic E-state index is 5.72. The SMILES string of the molecule is C=CCC(N)CCOCCC. The van der Waals surface area contributed by atoms with Crippen molar-refractivity contribution in [3.8, 4) is 0 Å². The first-order chi connectivity index (χ1) is 5.31. The number of hydrogen-bond donors (Lipinski definition) is 1. The standard InChI is InChI=1S/C9H19NO/c1-3-5-9(10)6-8-11-7-4-2/h3,9H,1,4-8,10H2,2H3. The molecule has 66 valence electrons. The van der Waals surface area contributed by atoms with Gasteiger partial charge in [-0.25, -0.2) is 0 Å². The van der Waals surface area contributed by atoms with E-state index in [0.29, 0.717) is 0 Å². The zero-order valence-electron chi connectivity index (χ0n) is 7.38. The van der Waals surface area contributed by atoms with Gasteiger partial charge in [0.2, 0.25) is 0 Å². The number of nitrogens with two attached hydrogens (primary N) is 1. The van der Waals surface area contributed by atoms with Crippen molar-refractivity contribution in [2.24, 2.45) is 5.73 Å². The van der Waals surface area contributed by atoms with Crippen molar-refractivity contribution in [3.05, 3.63) is 12.7 Å². The summed E-state index contributed by atoms with van der Waals surface area (Å²) in [6.07, 6.45) is 4.75. The summed E-state index contributed by atoms with van der Waals surface area (Å²) in [5, 5.41) is 0. The first kappa shape index (κ1) is 10.7. The van der Waals surface area contributed by atoms with Crippen molar-refractivity contribution in [1.82, 2.24) is 0 Å². The third kappa shape index (κ3) is 7.56. The van der Waals surface area contributed by atoms with E-state index in [1.165, 1.54) is 0 Å². The molecule has 0 bridgehead atoms. The van der Waals surface area contributed by atoms with Crippen molar-refractivity contribution in [3.63, 3.8) is 0 Å². The second-order valence-corrected chi connectivity index (χ2v) is 2.69. The quantitative estimate of drug-likeness (QED) is 0.451. The van der Waals surface area contributed by atoms with Crippen LogP contribution in [0.3, 0.4) is 0 Å². The molecule has 2 heteroatoms. The van der Waals surface area contributed by atoms with Crippen LogP contribution in [-0.2, 0) is 4.74 Å². The van der Waals surface area contributed by atoms with Crippen LogP contribution in [0, 0.1) is 0 Å². The van der Waals surface area contributed by atoms with Crippen LogP contribution < -0.4 is 5.73 Å². The van der Waals surface area contributed by atoms with E-state index in [4.69, 9.17) is 10.5 Å². The molecule has 0 saturated heterocycles. The van der Waals surface area contributed by atoms with E-state index in [1.54, 1.807) is 0 Å². The lowest BCUT2D eigenvalue weighted by Gasteiger charge is -2.08. The molecule has 0 fully saturated rings. The highest BCUT2D eigenvalue weighted by atomic mass is 16.5. The molecule has 1 unspecified atom stereocenters. The van der Waals surface area contributed by atoms with E-state index in [0.717, 1.165) is 32.5 Å². The van der Waals surface area contributed by atoms with Gasteiger partial charge in [-0.05, 0) is 19.3 Å². The highest BCUT2D eigenvalue weighted by Gasteiger charge is 1.98. The molecule has 0 heterocycles. The molecule has 11 heavy (non-hydrogen) atoms. The first-order valence-corrected chi connectivity index (χ1v) is 4.25. The Labute approximate surface area is 69.4 Å². The van der Waals surface area contributed by atoms with Gasteiger partial charge in [0.25, 0.3) is 0 Å². The van der Waals surface area contributed by atoms with Crippen LogP contribution in [-0.4, -0.2) is 19.3 Å². The first-order valence-electron chi connectivity index (χ1n) is 4.25. The van der Waals surface area contributed by atoms with E-state index < -0.39 is 0 Å². The molecular weight excluding hydrogens is 138 g/mol. The van der Waals surface area contributed by atoms with E-state index in [9.17, 15) is 0 Å². The largest absolute Gasteiger partial charge is 0.381 e. The van der Waals surface area contributed by atoms with Gasteiger partial charge in [0.1, 0.15) is 0 Å². The van der Waals surface area contributed by atoms with Gasteiger partial charge in [-0.2, -0.15) is 0 Å². The zero-order chi connectivity index (χ0) is 8.53. The van der Waals surface area contributed by atoms with Gasteiger partial charge < -0.3 is 10.5 Å². The van der Waals surface area contributed by atoms with Crippen LogP contribution in [0.15, 0.2) is 12.7 Å². The Morgan fingerprint density at radius 3 is 2.82 bits per heavy atom. The molecule has 2 N–H and O–H groups in total. The summed E-state index contributed by atoms with van der Waals surface area (Å²) in [6, 6.07) is 0.226. The second kappa shape index (κ2) is 7.76. The lowest BCUT2D eigenvalue weighted by atomic mass is 10.1. The minimum atomic E-state index is 0.226. The Bertz CT molecular complexity index is 93.6. The molecule has 0 amide bonds. The molecule has 0 aliphatic carbocycles. The number of ether oxygens (including phenoxy) is 1. The average molecular weight is 157 g/mol. The minimum Gasteiger partial charge on any atom is -0.381 e. The molecule has 0 aliphatic heterocycles. The summed E-state index contributed by atoms with van der Waals surface area (Å²) in [5.41, 5.74) is 5.72. The molecule has 0 saturated carbocycles. The predicted molar refractivity (Wildman–Crippen MR) is 48.5 cm³/mol. The molecule has 1 atom stereocenters. The highest BCUT2D eigenvalue weighted by molar-refractivity contribution is 4.74. The van der Waals surface area contributed by atoms with Crippen LogP contribution in [0.2, 0.25) is 0 Å². The van der Waals surface area contributed by atoms with Gasteiger partial charge in [-0.1, -0.05) is 13.0 Å². The van der Waals surface area contributed by atoms with Crippen LogP contribution in [0.1, 0.15) is 26.2 Å². The maximum absolute atomic E-state index is 5.72. The molecule has 0 aliphatic rings. The van der Waals surface area contributed by atoms with E-state index >= 15 is 0 Å². The second-order valence-electron chi connectivity index (χ2n) is 2.69. The monoisotopic (exact) mass is 157 g/mol. The van der Waals surface area contributed by atoms with E-state index in [2.05, 4.69) is 13.5 Å². The Hall–Kier alpha value is -0.340. The average Bonchev–Trinajstić information content (AvgIpc) is 1.99. The van der Waals surface area contributed by atoms with Crippen molar-refractivity contribution in [2.45, 2.75) is 32.2 Å². The Balaban J connectivity index is 3.03. The fourth-order valence-electron chi connectivity index (χ4n) is 0.813. The molecule has 0 aromatic heterocycles. The summed E-state index contributed by atoms with van der Waals surface area (Å²) in [5.74, 6) is 0. The molecule has 0 aromatic carbocycles. The van der Waals surface area contributed by atoms with Gasteiger partial charge in [0, 0.05) is 19.3 Å². The summed E-state index contributed by atoms with van der Waals surface area (Å²) < 4.78 is 5.29. The minimum absolute atomic E-state index is 0.226. The molecule has 0 aromatic rings. The summed E-state index contributed by atoms with van der Waals surface area (Å²) in [4.78, 5) is 0. The van der Waals surface area contributed by atoms with E-state index in [1.807, 2.05) is 6.08 Å². The topological polar surface area (TPSA) is 35.2 Å². The summed E-state index contributed by atoms with van der Waals surface area (Å²) in [6.45, 7) is 7.35. The Kier molecular flexibility index (Phi) is 7.52. The highest BCUT2D eigenvalue weighted by Crippen LogP contribution is 1.95. The normalized spacial score (nSPS) is 12.9. The maximum Gasteiger partial charge on any atom is 0.0480 e. The van der Waals surface area contributed by atoms with E-state index in [-0.39, 0.29) is 6.04 Å². The molecular formula is C9H19NO.